The maximum absolute atomic E-state index is 13.5. The standard InChI is InChI=1S/C36H42N6O8/c1-3-37-34(48)28(44)8-7-26(38-32(46)23-6-9-29-22(15-23)10-12-50-29)33(47)39-27-5-4-11-42(35(27)49)19-30(45)40-31-24-13-21-14-25(31)18-36(16-21,17-24)41-20(2)43/h4-6,9-12,15,21,24-26,31H,3,7-8,13-14,16-19H2,1-2H3,(H,37,48)(H,38,46)(H,39,47)(H,40,45)(H,41,43)/t21?,24?,25?,26-,31?,36?/m0/s1. The minimum absolute atomic E-state index is 0.0345. The number of amides is 5. The summed E-state index contributed by atoms with van der Waals surface area (Å²) in [5, 5.41) is 14.6. The number of ketones is 1. The highest BCUT2D eigenvalue weighted by atomic mass is 16.3. The highest BCUT2D eigenvalue weighted by Gasteiger charge is 2.56. The average Bonchev–Trinajstić information content (AvgIpc) is 3.53. The van der Waals surface area contributed by atoms with E-state index < -0.39 is 35.1 Å². The maximum atomic E-state index is 13.5. The van der Waals surface area contributed by atoms with Crippen LogP contribution in [0.3, 0.4) is 0 Å². The van der Waals surface area contributed by atoms with E-state index in [9.17, 15) is 33.6 Å². The quantitative estimate of drug-likeness (QED) is 0.168. The molecule has 5 amide bonds. The molecule has 3 atom stereocenters. The predicted octanol–water partition coefficient (Wildman–Crippen LogP) is 2.02. The van der Waals surface area contributed by atoms with Crippen molar-refractivity contribution in [2.75, 3.05) is 11.9 Å². The number of carbonyl (C=O) groups is 6. The zero-order chi connectivity index (χ0) is 35.6. The number of nitrogens with zero attached hydrogens (tertiary/aromatic N) is 1. The van der Waals surface area contributed by atoms with Gasteiger partial charge in [-0.25, -0.2) is 0 Å². The van der Waals surface area contributed by atoms with Crippen molar-refractivity contribution in [2.24, 2.45) is 17.8 Å². The fourth-order valence-corrected chi connectivity index (χ4v) is 8.42. The summed E-state index contributed by atoms with van der Waals surface area (Å²) in [6, 6.07) is 8.02. The number of anilines is 1. The van der Waals surface area contributed by atoms with Gasteiger partial charge in [-0.2, -0.15) is 0 Å². The number of aromatic nitrogens is 1. The molecular weight excluding hydrogens is 644 g/mol. The van der Waals surface area contributed by atoms with E-state index in [2.05, 4.69) is 26.6 Å². The van der Waals surface area contributed by atoms with Crippen molar-refractivity contribution in [1.82, 2.24) is 25.8 Å². The minimum Gasteiger partial charge on any atom is -0.464 e. The molecule has 4 aliphatic rings. The number of benzene rings is 1. The Hall–Kier alpha value is -5.27. The first-order chi connectivity index (χ1) is 23.9. The van der Waals surface area contributed by atoms with Gasteiger partial charge in [0.25, 0.3) is 17.4 Å². The molecule has 7 rings (SSSR count). The van der Waals surface area contributed by atoms with Crippen LogP contribution in [0.4, 0.5) is 5.69 Å². The van der Waals surface area contributed by atoms with E-state index in [0.29, 0.717) is 16.9 Å². The molecule has 50 heavy (non-hydrogen) atoms. The van der Waals surface area contributed by atoms with Gasteiger partial charge in [0.15, 0.2) is 0 Å². The molecule has 0 saturated heterocycles. The Bertz CT molecular complexity index is 1880. The first-order valence-electron chi connectivity index (χ1n) is 17.1. The fourth-order valence-electron chi connectivity index (χ4n) is 8.42. The summed E-state index contributed by atoms with van der Waals surface area (Å²) in [6.07, 6.45) is 7.00. The van der Waals surface area contributed by atoms with Crippen molar-refractivity contribution in [1.29, 1.82) is 0 Å². The fraction of sp³-hybridized carbons (Fsp3) is 0.472. The summed E-state index contributed by atoms with van der Waals surface area (Å²) in [4.78, 5) is 89.8. The summed E-state index contributed by atoms with van der Waals surface area (Å²) in [5.41, 5.74) is -0.131. The van der Waals surface area contributed by atoms with Crippen LogP contribution in [0, 0.1) is 17.8 Å². The van der Waals surface area contributed by atoms with Crippen LogP contribution in [-0.2, 0) is 30.5 Å². The minimum atomic E-state index is -1.28. The van der Waals surface area contributed by atoms with Crippen molar-refractivity contribution in [3.8, 4) is 0 Å². The van der Waals surface area contributed by atoms with Crippen LogP contribution in [0.25, 0.3) is 11.0 Å². The van der Waals surface area contributed by atoms with Gasteiger partial charge >= 0.3 is 0 Å². The van der Waals surface area contributed by atoms with Crippen molar-refractivity contribution < 1.29 is 33.2 Å². The number of nitrogens with one attached hydrogen (secondary N) is 5. The Morgan fingerprint density at radius 1 is 1.02 bits per heavy atom. The lowest BCUT2D eigenvalue weighted by Gasteiger charge is -2.60. The molecule has 2 aromatic heterocycles. The molecule has 1 aromatic carbocycles. The molecule has 4 aliphatic carbocycles. The molecule has 264 valence electrons. The summed E-state index contributed by atoms with van der Waals surface area (Å²) < 4.78 is 6.53. The lowest BCUT2D eigenvalue weighted by molar-refractivity contribution is -0.138. The summed E-state index contributed by atoms with van der Waals surface area (Å²) in [7, 11) is 0. The Morgan fingerprint density at radius 3 is 2.50 bits per heavy atom. The largest absolute Gasteiger partial charge is 0.464 e. The van der Waals surface area contributed by atoms with E-state index in [1.807, 2.05) is 0 Å². The smallest absolute Gasteiger partial charge is 0.287 e. The summed E-state index contributed by atoms with van der Waals surface area (Å²) >= 11 is 0. The van der Waals surface area contributed by atoms with Crippen LogP contribution >= 0.6 is 0 Å². The SMILES string of the molecule is CCNC(=O)C(=O)CC[C@H](NC(=O)c1ccc2occc2c1)C(=O)Nc1cccn(CC(=O)NC2C3CC4CC2CC(NC(C)=O)(C4)C3)c1=O. The summed E-state index contributed by atoms with van der Waals surface area (Å²) in [6.45, 7) is 3.20. The summed E-state index contributed by atoms with van der Waals surface area (Å²) in [5.74, 6) is -2.28. The van der Waals surface area contributed by atoms with Crippen molar-refractivity contribution in [2.45, 2.75) is 83.0 Å². The third-order valence-corrected chi connectivity index (χ3v) is 10.2. The van der Waals surface area contributed by atoms with Crippen molar-refractivity contribution in [3.05, 3.63) is 64.8 Å². The van der Waals surface area contributed by atoms with Gasteiger partial charge in [-0.05, 0) is 99.6 Å². The van der Waals surface area contributed by atoms with Crippen LogP contribution in [-0.4, -0.2) is 64.1 Å². The van der Waals surface area contributed by atoms with Crippen LogP contribution in [0.15, 0.2) is 58.1 Å². The van der Waals surface area contributed by atoms with E-state index in [0.717, 1.165) is 32.1 Å². The van der Waals surface area contributed by atoms with Crippen molar-refractivity contribution >= 4 is 52.0 Å². The third-order valence-electron chi connectivity index (χ3n) is 10.2. The maximum Gasteiger partial charge on any atom is 0.287 e. The second kappa shape index (κ2) is 14.3. The molecule has 14 nitrogen and oxygen atoms in total. The van der Waals surface area contributed by atoms with Crippen LogP contribution < -0.4 is 32.1 Å². The number of rotatable bonds is 13. The molecule has 4 bridgehead atoms. The van der Waals surface area contributed by atoms with Crippen molar-refractivity contribution in [3.63, 3.8) is 0 Å². The average molecular weight is 687 g/mol. The highest BCUT2D eigenvalue weighted by Crippen LogP contribution is 2.55. The van der Waals surface area contributed by atoms with Gasteiger partial charge in [0, 0.05) is 48.6 Å². The molecule has 4 fully saturated rings. The number of fused-ring (bicyclic) bond motifs is 1. The normalized spacial score (nSPS) is 23.9. The van der Waals surface area contributed by atoms with Gasteiger partial charge < -0.3 is 35.6 Å². The topological polar surface area (TPSA) is 198 Å². The molecule has 2 unspecified atom stereocenters. The van der Waals surface area contributed by atoms with Crippen LogP contribution in [0.1, 0.15) is 69.2 Å². The molecule has 0 spiro atoms. The Kier molecular flexibility index (Phi) is 9.89. The zero-order valence-corrected chi connectivity index (χ0v) is 28.1. The van der Waals surface area contributed by atoms with Gasteiger partial charge in [0.05, 0.1) is 6.26 Å². The van der Waals surface area contributed by atoms with Crippen LogP contribution in [0.5, 0.6) is 0 Å². The highest BCUT2D eigenvalue weighted by molar-refractivity contribution is 6.36. The number of carbonyl (C=O) groups excluding carboxylic acids is 6. The lowest BCUT2D eigenvalue weighted by Crippen LogP contribution is -2.66. The molecule has 0 radical (unpaired) electrons. The van der Waals surface area contributed by atoms with Gasteiger partial charge in [0.2, 0.25) is 23.5 Å². The monoisotopic (exact) mass is 686 g/mol. The Morgan fingerprint density at radius 2 is 1.78 bits per heavy atom. The Balaban J connectivity index is 1.12. The van der Waals surface area contributed by atoms with E-state index in [4.69, 9.17) is 4.42 Å². The van der Waals surface area contributed by atoms with E-state index >= 15 is 0 Å². The van der Waals surface area contributed by atoms with E-state index in [1.165, 1.54) is 35.2 Å². The van der Waals surface area contributed by atoms with Gasteiger partial charge in [-0.1, -0.05) is 0 Å². The second-order valence-electron chi connectivity index (χ2n) is 13.9. The number of likely N-dealkylation sites (N-methyl/N-ethyl adjacent to an activating group) is 1. The molecule has 3 aromatic rings. The second-order valence-corrected chi connectivity index (χ2v) is 13.9. The van der Waals surface area contributed by atoms with Gasteiger partial charge in [-0.15, -0.1) is 0 Å². The molecule has 2 heterocycles. The Labute approximate surface area is 288 Å². The van der Waals surface area contributed by atoms with Crippen LogP contribution in [0.2, 0.25) is 0 Å². The molecular formula is C36H42N6O8. The molecule has 0 aliphatic heterocycles. The van der Waals surface area contributed by atoms with E-state index in [1.54, 1.807) is 32.0 Å². The van der Waals surface area contributed by atoms with Gasteiger partial charge in [-0.3, -0.25) is 33.6 Å². The molecule has 5 N–H and O–H groups in total. The third kappa shape index (κ3) is 7.48. The number of furan rings is 1. The number of hydrogen-bond acceptors (Lipinski definition) is 8. The molecule has 4 saturated carbocycles. The molecule has 14 heteroatoms. The first kappa shape index (κ1) is 34.6. The number of pyridine rings is 1. The predicted molar refractivity (Wildman–Crippen MR) is 182 cm³/mol. The first-order valence-corrected chi connectivity index (χ1v) is 17.1. The number of hydrogen-bond donors (Lipinski definition) is 5. The zero-order valence-electron chi connectivity index (χ0n) is 28.1. The number of Topliss-reactive ketones (excluding diaryl/α,β-unsaturated/α-hetero) is 1. The van der Waals surface area contributed by atoms with Gasteiger partial charge in [0.1, 0.15) is 23.9 Å². The lowest BCUT2D eigenvalue weighted by atomic mass is 9.51. The van der Waals surface area contributed by atoms with E-state index in [-0.39, 0.29) is 72.4 Å².